The number of hydrogen-bond donors (Lipinski definition) is 2. The van der Waals surface area contributed by atoms with Crippen LogP contribution in [0.4, 0.5) is 0 Å². The molecule has 0 spiro atoms. The third kappa shape index (κ3) is 9.14. The van der Waals surface area contributed by atoms with Gasteiger partial charge in [0.1, 0.15) is 11.9 Å². The largest absolute Gasteiger partial charge is 0.494 e. The van der Waals surface area contributed by atoms with Gasteiger partial charge >= 0.3 is 23.9 Å². The average Bonchev–Trinajstić information content (AvgIpc) is 3.50. The van der Waals surface area contributed by atoms with Gasteiger partial charge < -0.3 is 33.9 Å². The van der Waals surface area contributed by atoms with Gasteiger partial charge in [0.05, 0.1) is 18.8 Å². The molecule has 2 aromatic carbocycles. The summed E-state index contributed by atoms with van der Waals surface area (Å²) in [5, 5.41) is 18.5. The van der Waals surface area contributed by atoms with Crippen LogP contribution in [-0.2, 0) is 33.3 Å². The number of hydrogen-bond acceptors (Lipinski definition) is 9. The molecule has 2 atom stereocenters. The topological polar surface area (TPSA) is 155 Å². The van der Waals surface area contributed by atoms with Crippen LogP contribution < -0.4 is 4.74 Å². The predicted molar refractivity (Wildman–Crippen MR) is 156 cm³/mol. The summed E-state index contributed by atoms with van der Waals surface area (Å²) in [6, 6.07) is 14.3. The summed E-state index contributed by atoms with van der Waals surface area (Å²) in [4.78, 5) is 46.4. The van der Waals surface area contributed by atoms with E-state index in [1.807, 2.05) is 12.1 Å². The maximum Gasteiger partial charge on any atom is 0.338 e. The minimum absolute atomic E-state index is 0.171. The van der Waals surface area contributed by atoms with Crippen LogP contribution in [0.3, 0.4) is 0 Å². The van der Waals surface area contributed by atoms with E-state index in [9.17, 15) is 29.4 Å². The van der Waals surface area contributed by atoms with Crippen LogP contribution in [0, 0.1) is 0 Å². The molecule has 2 fully saturated rings. The highest BCUT2D eigenvalue weighted by molar-refractivity contribution is 5.89. The van der Waals surface area contributed by atoms with Gasteiger partial charge in [-0.15, -0.1) is 0 Å². The van der Waals surface area contributed by atoms with Crippen LogP contribution in [-0.4, -0.2) is 65.6 Å². The number of carboxylic acid groups (broad SMARTS) is 2. The minimum Gasteiger partial charge on any atom is -0.494 e. The molecule has 44 heavy (non-hydrogen) atoms. The molecule has 4 rings (SSSR count). The molecule has 1 saturated heterocycles. The average molecular weight is 611 g/mol. The zero-order valence-corrected chi connectivity index (χ0v) is 24.4. The van der Waals surface area contributed by atoms with E-state index in [1.165, 1.54) is 0 Å². The Morgan fingerprint density at radius 3 is 1.91 bits per heavy atom. The summed E-state index contributed by atoms with van der Waals surface area (Å²) in [5.41, 5.74) is 2.10. The van der Waals surface area contributed by atoms with Crippen LogP contribution in [0.15, 0.2) is 61.2 Å². The van der Waals surface area contributed by atoms with Gasteiger partial charge in [0.15, 0.2) is 18.5 Å². The molecule has 2 N–H and O–H groups in total. The maximum absolute atomic E-state index is 12.7. The Morgan fingerprint density at radius 1 is 0.773 bits per heavy atom. The number of carboxylic acids is 2. The molecule has 0 bridgehead atoms. The summed E-state index contributed by atoms with van der Waals surface area (Å²) in [6.45, 7) is 4.31. The summed E-state index contributed by atoms with van der Waals surface area (Å²) >= 11 is 0. The van der Waals surface area contributed by atoms with Gasteiger partial charge in [0, 0.05) is 11.6 Å². The Morgan fingerprint density at radius 2 is 1.34 bits per heavy atom. The zero-order valence-electron chi connectivity index (χ0n) is 24.4. The molecule has 0 amide bonds. The number of esters is 2. The molecule has 0 aromatic heterocycles. The first-order valence-electron chi connectivity index (χ1n) is 14.8. The molecule has 2 aromatic rings. The molecule has 236 valence electrons. The molecule has 2 aliphatic rings. The number of unbranched alkanes of at least 4 members (excludes halogenated alkanes) is 3. The van der Waals surface area contributed by atoms with Crippen molar-refractivity contribution in [2.45, 2.75) is 81.9 Å². The third-order valence-electron chi connectivity index (χ3n) is 7.74. The van der Waals surface area contributed by atoms with Crippen molar-refractivity contribution in [2.75, 3.05) is 13.2 Å². The second kappa shape index (κ2) is 16.0. The molecule has 1 aliphatic heterocycles. The first-order valence-corrected chi connectivity index (χ1v) is 14.8. The van der Waals surface area contributed by atoms with Crippen LogP contribution in [0.5, 0.6) is 5.75 Å². The van der Waals surface area contributed by atoms with E-state index >= 15 is 0 Å². The summed E-state index contributed by atoms with van der Waals surface area (Å²) < 4.78 is 27.1. The SMILES string of the molecule is C=CC(=O)OCCCCCCOc1ccc(C(=O)OC2CCC(c3ccc(C4OC(C(=O)O)C(C(=O)O)O4)cc3)CC2)cc1. The van der Waals surface area contributed by atoms with Crippen molar-refractivity contribution < 1.29 is 53.1 Å². The van der Waals surface area contributed by atoms with Gasteiger partial charge in [0.25, 0.3) is 0 Å². The summed E-state index contributed by atoms with van der Waals surface area (Å²) in [7, 11) is 0. The highest BCUT2D eigenvalue weighted by Gasteiger charge is 2.46. The molecule has 2 unspecified atom stereocenters. The van der Waals surface area contributed by atoms with Crippen molar-refractivity contribution in [3.8, 4) is 5.75 Å². The Kier molecular flexibility index (Phi) is 11.9. The van der Waals surface area contributed by atoms with Crippen molar-refractivity contribution in [1.29, 1.82) is 0 Å². The van der Waals surface area contributed by atoms with Gasteiger partial charge in [-0.05, 0) is 87.1 Å². The van der Waals surface area contributed by atoms with E-state index in [1.54, 1.807) is 36.4 Å². The van der Waals surface area contributed by atoms with E-state index in [-0.39, 0.29) is 18.0 Å². The molecule has 11 nitrogen and oxygen atoms in total. The molecular weight excluding hydrogens is 572 g/mol. The lowest BCUT2D eigenvalue weighted by Gasteiger charge is -2.28. The lowest BCUT2D eigenvalue weighted by Crippen LogP contribution is -2.36. The Bertz CT molecular complexity index is 1260. The fourth-order valence-electron chi connectivity index (χ4n) is 5.30. The lowest BCUT2D eigenvalue weighted by molar-refractivity contribution is -0.156. The second-order valence-electron chi connectivity index (χ2n) is 10.8. The number of ether oxygens (including phenoxy) is 5. The Hall–Kier alpha value is -4.22. The first-order chi connectivity index (χ1) is 21.2. The molecule has 1 heterocycles. The highest BCUT2D eigenvalue weighted by Crippen LogP contribution is 2.37. The normalized spacial score (nSPS) is 23.0. The van der Waals surface area contributed by atoms with Gasteiger partial charge in [-0.2, -0.15) is 0 Å². The molecule has 1 saturated carbocycles. The van der Waals surface area contributed by atoms with Crippen molar-refractivity contribution in [3.05, 3.63) is 77.9 Å². The van der Waals surface area contributed by atoms with E-state index < -0.39 is 36.4 Å². The summed E-state index contributed by atoms with van der Waals surface area (Å²) in [6.07, 6.45) is 3.46. The molecule has 0 radical (unpaired) electrons. The molecule has 1 aliphatic carbocycles. The fraction of sp³-hybridized carbons (Fsp3) is 0.455. The number of aliphatic carboxylic acids is 2. The third-order valence-corrected chi connectivity index (χ3v) is 7.74. The van der Waals surface area contributed by atoms with Gasteiger partial charge in [-0.1, -0.05) is 30.8 Å². The second-order valence-corrected chi connectivity index (χ2v) is 10.8. The van der Waals surface area contributed by atoms with Crippen molar-refractivity contribution in [1.82, 2.24) is 0 Å². The van der Waals surface area contributed by atoms with Crippen LogP contribution >= 0.6 is 0 Å². The fourth-order valence-corrected chi connectivity index (χ4v) is 5.30. The molecule has 11 heteroatoms. The lowest BCUT2D eigenvalue weighted by atomic mass is 9.82. The van der Waals surface area contributed by atoms with E-state index in [2.05, 4.69) is 6.58 Å². The Labute approximate surface area is 255 Å². The summed E-state index contributed by atoms with van der Waals surface area (Å²) in [5.74, 6) is -2.59. The van der Waals surface area contributed by atoms with Crippen LogP contribution in [0.2, 0.25) is 0 Å². The van der Waals surface area contributed by atoms with E-state index in [0.717, 1.165) is 63.0 Å². The quantitative estimate of drug-likeness (QED) is 0.155. The number of carbonyl (C=O) groups is 4. The van der Waals surface area contributed by atoms with Crippen molar-refractivity contribution >= 4 is 23.9 Å². The minimum atomic E-state index is -1.57. The molecular formula is C33H38O11. The van der Waals surface area contributed by atoms with Gasteiger partial charge in [0.2, 0.25) is 0 Å². The number of benzene rings is 2. The monoisotopic (exact) mass is 610 g/mol. The van der Waals surface area contributed by atoms with Gasteiger partial charge in [-0.25, -0.2) is 19.2 Å². The predicted octanol–water partition coefficient (Wildman–Crippen LogP) is 5.19. The Balaban J connectivity index is 1.15. The van der Waals surface area contributed by atoms with Crippen LogP contribution in [0.25, 0.3) is 0 Å². The van der Waals surface area contributed by atoms with Crippen LogP contribution in [0.1, 0.15) is 85.1 Å². The van der Waals surface area contributed by atoms with E-state index in [4.69, 9.17) is 23.7 Å². The smallest absolute Gasteiger partial charge is 0.338 e. The van der Waals surface area contributed by atoms with Crippen molar-refractivity contribution in [3.63, 3.8) is 0 Å². The number of carbonyl (C=O) groups excluding carboxylic acids is 2. The van der Waals surface area contributed by atoms with Crippen molar-refractivity contribution in [2.24, 2.45) is 0 Å². The highest BCUT2D eigenvalue weighted by atomic mass is 16.7. The maximum atomic E-state index is 12.7. The number of rotatable bonds is 15. The van der Waals surface area contributed by atoms with E-state index in [0.29, 0.717) is 30.1 Å². The first kappa shape index (κ1) is 32.7. The standard InChI is InChI=1S/C33H38O11/c1-2-27(34)41-20-6-4-3-5-19-40-25-15-13-23(14-16-25)32(39)42-26-17-11-22(12-18-26)21-7-9-24(10-8-21)33-43-28(30(35)36)29(44-33)31(37)38/h2,7-10,13-16,22,26,28-29,33H,1,3-6,11-12,17-20H2,(H,35,36)(H,37,38). The van der Waals surface area contributed by atoms with Gasteiger partial charge in [-0.3, -0.25) is 0 Å². The zero-order chi connectivity index (χ0) is 31.5.